The summed E-state index contributed by atoms with van der Waals surface area (Å²) in [5.74, 6) is 0.215. The SMILES string of the molecule is N#CCNc1cccc(S(=O)(=O)C2(ONC[C@@H](O)[C@H](Cc3ccccc3)NC(=O)Oc3ccoc3)CCCC2)c1. The van der Waals surface area contributed by atoms with Gasteiger partial charge < -0.3 is 24.9 Å². The Bertz CT molecular complexity index is 1390. The molecule has 11 nitrogen and oxygen atoms in total. The summed E-state index contributed by atoms with van der Waals surface area (Å²) in [5.41, 5.74) is 4.06. The van der Waals surface area contributed by atoms with Crippen LogP contribution in [0.15, 0.2) is 82.5 Å². The average Bonchev–Trinajstić information content (AvgIpc) is 3.65. The van der Waals surface area contributed by atoms with Crippen LogP contribution in [0.25, 0.3) is 0 Å². The molecule has 12 heteroatoms. The lowest BCUT2D eigenvalue weighted by Gasteiger charge is -2.30. The molecule has 4 rings (SSSR count). The molecule has 1 aliphatic carbocycles. The minimum atomic E-state index is -3.95. The van der Waals surface area contributed by atoms with Gasteiger partial charge in [-0.05, 0) is 55.9 Å². The third-order valence-electron chi connectivity index (χ3n) is 6.69. The van der Waals surface area contributed by atoms with Crippen LogP contribution in [0, 0.1) is 11.3 Å². The first-order valence-corrected chi connectivity index (χ1v) is 14.4. The molecule has 0 radical (unpaired) electrons. The van der Waals surface area contributed by atoms with E-state index in [1.54, 1.807) is 12.1 Å². The lowest BCUT2D eigenvalue weighted by molar-refractivity contribution is -0.0656. The van der Waals surface area contributed by atoms with Crippen molar-refractivity contribution in [2.24, 2.45) is 0 Å². The number of sulfone groups is 1. The Morgan fingerprint density at radius 2 is 1.90 bits per heavy atom. The molecule has 40 heavy (non-hydrogen) atoms. The number of nitriles is 1. The van der Waals surface area contributed by atoms with Crippen molar-refractivity contribution in [3.8, 4) is 11.8 Å². The summed E-state index contributed by atoms with van der Waals surface area (Å²) in [6.07, 6.45) is 2.87. The Morgan fingerprint density at radius 1 is 1.12 bits per heavy atom. The van der Waals surface area contributed by atoms with Gasteiger partial charge in [0.2, 0.25) is 9.84 Å². The zero-order valence-electron chi connectivity index (χ0n) is 21.8. The van der Waals surface area contributed by atoms with Gasteiger partial charge in [-0.2, -0.15) is 10.7 Å². The monoisotopic (exact) mass is 568 g/mol. The summed E-state index contributed by atoms with van der Waals surface area (Å²) in [5, 5.41) is 25.4. The van der Waals surface area contributed by atoms with Crippen molar-refractivity contribution in [3.63, 3.8) is 0 Å². The number of aliphatic hydroxyl groups is 1. The van der Waals surface area contributed by atoms with Gasteiger partial charge in [-0.25, -0.2) is 13.2 Å². The van der Waals surface area contributed by atoms with Gasteiger partial charge in [0.25, 0.3) is 0 Å². The highest BCUT2D eigenvalue weighted by Gasteiger charge is 2.49. The first-order valence-electron chi connectivity index (χ1n) is 12.9. The molecule has 1 heterocycles. The number of rotatable bonds is 13. The number of ether oxygens (including phenoxy) is 1. The van der Waals surface area contributed by atoms with Gasteiger partial charge in [-0.1, -0.05) is 36.4 Å². The second kappa shape index (κ2) is 13.5. The van der Waals surface area contributed by atoms with Gasteiger partial charge in [-0.15, -0.1) is 0 Å². The molecular formula is C28H32N4O7S. The van der Waals surface area contributed by atoms with Gasteiger partial charge in [0, 0.05) is 18.3 Å². The molecule has 3 aromatic rings. The third-order valence-corrected chi connectivity index (χ3v) is 9.04. The highest BCUT2D eigenvalue weighted by atomic mass is 32.2. The normalized spacial score (nSPS) is 16.0. The van der Waals surface area contributed by atoms with Crippen molar-refractivity contribution in [2.45, 2.75) is 54.1 Å². The van der Waals surface area contributed by atoms with Crippen LogP contribution in [-0.2, 0) is 21.1 Å². The molecule has 4 N–H and O–H groups in total. The zero-order valence-corrected chi connectivity index (χ0v) is 22.6. The smallest absolute Gasteiger partial charge is 0.413 e. The number of nitrogens with one attached hydrogen (secondary N) is 3. The van der Waals surface area contributed by atoms with E-state index in [0.717, 1.165) is 5.56 Å². The first kappa shape index (κ1) is 29.1. The maximum Gasteiger partial charge on any atom is 0.413 e. The average molecular weight is 569 g/mol. The van der Waals surface area contributed by atoms with E-state index in [-0.39, 0.29) is 43.0 Å². The maximum absolute atomic E-state index is 13.7. The van der Waals surface area contributed by atoms with Crippen LogP contribution in [-0.4, -0.2) is 49.8 Å². The van der Waals surface area contributed by atoms with E-state index in [1.807, 2.05) is 36.4 Å². The van der Waals surface area contributed by atoms with Crippen molar-refractivity contribution < 1.29 is 32.3 Å². The van der Waals surface area contributed by atoms with Gasteiger partial charge in [-0.3, -0.25) is 4.84 Å². The molecule has 1 aromatic heterocycles. The van der Waals surface area contributed by atoms with Crippen LogP contribution in [0.2, 0.25) is 0 Å². The predicted octanol–water partition coefficient (Wildman–Crippen LogP) is 3.54. The van der Waals surface area contributed by atoms with Crippen molar-refractivity contribution >= 4 is 21.6 Å². The van der Waals surface area contributed by atoms with Gasteiger partial charge in [0.1, 0.15) is 12.8 Å². The van der Waals surface area contributed by atoms with E-state index in [4.69, 9.17) is 19.3 Å². The zero-order chi connectivity index (χ0) is 28.4. The Morgan fingerprint density at radius 3 is 2.60 bits per heavy atom. The number of amides is 1. The van der Waals surface area contributed by atoms with Crippen LogP contribution in [0.4, 0.5) is 10.5 Å². The fourth-order valence-electron chi connectivity index (χ4n) is 4.62. The summed E-state index contributed by atoms with van der Waals surface area (Å²) in [6.45, 7) is -0.122. The van der Waals surface area contributed by atoms with Crippen molar-refractivity contribution in [1.29, 1.82) is 5.26 Å². The quantitative estimate of drug-likeness (QED) is 0.177. The number of hydrogen-bond donors (Lipinski definition) is 4. The number of hydrogen-bond acceptors (Lipinski definition) is 10. The topological polar surface area (TPSA) is 163 Å². The fourth-order valence-corrected chi connectivity index (χ4v) is 6.58. The maximum atomic E-state index is 13.7. The van der Waals surface area contributed by atoms with Crippen LogP contribution < -0.4 is 20.9 Å². The molecule has 0 bridgehead atoms. The molecule has 2 aromatic carbocycles. The summed E-state index contributed by atoms with van der Waals surface area (Å²) in [4.78, 5) is 16.9. The van der Waals surface area contributed by atoms with Crippen LogP contribution in [0.5, 0.6) is 5.75 Å². The summed E-state index contributed by atoms with van der Waals surface area (Å²) < 4.78 is 37.6. The Balaban J connectivity index is 1.44. The molecule has 0 unspecified atom stereocenters. The third kappa shape index (κ3) is 7.19. The summed E-state index contributed by atoms with van der Waals surface area (Å²) in [7, 11) is -3.95. The van der Waals surface area contributed by atoms with E-state index in [2.05, 4.69) is 16.1 Å². The number of hydroxylamine groups is 1. The number of furan rings is 1. The second-order valence-electron chi connectivity index (χ2n) is 9.47. The Labute approximate surface area is 233 Å². The highest BCUT2D eigenvalue weighted by Crippen LogP contribution is 2.41. The van der Waals surface area contributed by atoms with E-state index in [9.17, 15) is 18.3 Å². The molecule has 0 saturated heterocycles. The molecular weight excluding hydrogens is 536 g/mol. The molecule has 212 valence electrons. The molecule has 1 aliphatic rings. The van der Waals surface area contributed by atoms with Crippen molar-refractivity contribution in [2.75, 3.05) is 18.4 Å². The van der Waals surface area contributed by atoms with Crippen molar-refractivity contribution in [3.05, 3.63) is 78.8 Å². The number of carbonyl (C=O) groups is 1. The number of benzene rings is 2. The molecule has 1 saturated carbocycles. The van der Waals surface area contributed by atoms with E-state index in [1.165, 1.54) is 30.7 Å². The molecule has 2 atom stereocenters. The van der Waals surface area contributed by atoms with Gasteiger partial charge >= 0.3 is 6.09 Å². The van der Waals surface area contributed by atoms with Gasteiger partial charge in [0.15, 0.2) is 10.7 Å². The highest BCUT2D eigenvalue weighted by molar-refractivity contribution is 7.92. The number of aliphatic hydroxyl groups excluding tert-OH is 1. The number of nitrogens with zero attached hydrogens (tertiary/aromatic N) is 1. The predicted molar refractivity (Wildman–Crippen MR) is 146 cm³/mol. The van der Waals surface area contributed by atoms with E-state index < -0.39 is 33.0 Å². The fraction of sp³-hybridized carbons (Fsp3) is 0.357. The number of carbonyl (C=O) groups excluding carboxylic acids is 1. The Kier molecular flexibility index (Phi) is 9.79. The van der Waals surface area contributed by atoms with Gasteiger partial charge in [0.05, 0.1) is 29.4 Å². The molecule has 1 fully saturated rings. The van der Waals surface area contributed by atoms with E-state index >= 15 is 0 Å². The minimum absolute atomic E-state index is 0.0401. The first-order chi connectivity index (χ1) is 19.3. The minimum Gasteiger partial charge on any atom is -0.469 e. The van der Waals surface area contributed by atoms with Crippen LogP contribution in [0.1, 0.15) is 31.2 Å². The van der Waals surface area contributed by atoms with E-state index in [0.29, 0.717) is 18.5 Å². The lowest BCUT2D eigenvalue weighted by atomic mass is 10.0. The summed E-state index contributed by atoms with van der Waals surface area (Å²) in [6, 6.07) is 18.2. The molecule has 1 amide bonds. The largest absolute Gasteiger partial charge is 0.469 e. The summed E-state index contributed by atoms with van der Waals surface area (Å²) >= 11 is 0. The standard InChI is InChI=1S/C28H32N4O7S/c29-14-15-30-22-9-6-10-24(18-22)40(35,36)28(12-4-5-13-28)39-31-19-26(33)25(17-21-7-2-1-3-8-21)32-27(34)38-23-11-16-37-20-23/h1-3,6-11,16,18,20,25-26,30-31,33H,4-5,12-13,15,17,19H2,(H,32,34)/t25-,26+/m0/s1. The molecule has 0 aliphatic heterocycles. The lowest BCUT2D eigenvalue weighted by Crippen LogP contribution is -2.51. The Hall–Kier alpha value is -3.89. The molecule has 0 spiro atoms. The number of anilines is 1. The van der Waals surface area contributed by atoms with Crippen LogP contribution >= 0.6 is 0 Å². The van der Waals surface area contributed by atoms with Crippen LogP contribution in [0.3, 0.4) is 0 Å². The second-order valence-corrected chi connectivity index (χ2v) is 11.7. The van der Waals surface area contributed by atoms with Crippen molar-refractivity contribution in [1.82, 2.24) is 10.8 Å².